The summed E-state index contributed by atoms with van der Waals surface area (Å²) in [7, 11) is 1.65. The summed E-state index contributed by atoms with van der Waals surface area (Å²) < 4.78 is 5.15. The molecule has 3 nitrogen and oxygen atoms in total. The van der Waals surface area contributed by atoms with Gasteiger partial charge >= 0.3 is 0 Å². The Hall–Kier alpha value is -1.06. The highest BCUT2D eigenvalue weighted by molar-refractivity contribution is 5.28. The van der Waals surface area contributed by atoms with Crippen LogP contribution in [0.25, 0.3) is 0 Å². The van der Waals surface area contributed by atoms with E-state index in [1.54, 1.807) is 7.11 Å². The summed E-state index contributed by atoms with van der Waals surface area (Å²) in [5.74, 6) is 0.825. The minimum absolute atomic E-state index is 0.438. The van der Waals surface area contributed by atoms with Gasteiger partial charge in [0.15, 0.2) is 0 Å². The van der Waals surface area contributed by atoms with Crippen LogP contribution in [-0.2, 0) is 0 Å². The molecule has 1 rings (SSSR count). The molecule has 0 heterocycles. The molecule has 1 N–H and O–H groups in total. The van der Waals surface area contributed by atoms with Crippen LogP contribution in [0.4, 0.5) is 0 Å². The van der Waals surface area contributed by atoms with Gasteiger partial charge in [-0.05, 0) is 44.0 Å². The summed E-state index contributed by atoms with van der Waals surface area (Å²) in [4.78, 5) is 2.39. The van der Waals surface area contributed by atoms with Gasteiger partial charge in [-0.25, -0.2) is 0 Å². The third-order valence-electron chi connectivity index (χ3n) is 3.92. The first-order valence-electron chi connectivity index (χ1n) is 7.68. The zero-order valence-electron chi connectivity index (χ0n) is 13.3. The zero-order chi connectivity index (χ0) is 15.0. The number of hydrogen-bond acceptors (Lipinski definition) is 3. The molecule has 0 radical (unpaired) electrons. The molecule has 2 unspecified atom stereocenters. The van der Waals surface area contributed by atoms with Crippen LogP contribution in [0, 0.1) is 0 Å². The van der Waals surface area contributed by atoms with E-state index >= 15 is 0 Å². The van der Waals surface area contributed by atoms with Gasteiger partial charge in [-0.2, -0.15) is 0 Å². The molecule has 1 aromatic carbocycles. The lowest BCUT2D eigenvalue weighted by Crippen LogP contribution is -2.36. The summed E-state index contributed by atoms with van der Waals surface area (Å²) in [6, 6.07) is 8.20. The van der Waals surface area contributed by atoms with Crippen LogP contribution in [-0.4, -0.2) is 36.2 Å². The molecular formula is C17H29NO2. The molecule has 0 aliphatic heterocycles. The zero-order valence-corrected chi connectivity index (χ0v) is 13.3. The number of hydrogen-bond donors (Lipinski definition) is 1. The van der Waals surface area contributed by atoms with E-state index in [1.807, 2.05) is 24.3 Å². The molecule has 0 aromatic heterocycles. The van der Waals surface area contributed by atoms with Gasteiger partial charge in [0, 0.05) is 12.6 Å². The topological polar surface area (TPSA) is 32.7 Å². The molecule has 0 bridgehead atoms. The fourth-order valence-corrected chi connectivity index (χ4v) is 2.26. The third-order valence-corrected chi connectivity index (χ3v) is 3.92. The highest BCUT2D eigenvalue weighted by Crippen LogP contribution is 2.20. The molecule has 0 aliphatic carbocycles. The first-order valence-corrected chi connectivity index (χ1v) is 7.68. The van der Waals surface area contributed by atoms with Crippen molar-refractivity contribution in [2.24, 2.45) is 0 Å². The summed E-state index contributed by atoms with van der Waals surface area (Å²) in [6.07, 6.45) is 3.04. The predicted octanol–water partition coefficient (Wildman–Crippen LogP) is 3.63. The maximum atomic E-state index is 10.4. The molecule has 0 spiro atoms. The van der Waals surface area contributed by atoms with Crippen molar-refractivity contribution in [1.82, 2.24) is 4.90 Å². The number of ether oxygens (including phenoxy) is 1. The summed E-state index contributed by atoms with van der Waals surface area (Å²) in [6.45, 7) is 8.38. The van der Waals surface area contributed by atoms with Crippen molar-refractivity contribution < 1.29 is 9.84 Å². The second kappa shape index (κ2) is 8.98. The number of unbranched alkanes of at least 4 members (excludes halogenated alkanes) is 1. The molecule has 0 amide bonds. The van der Waals surface area contributed by atoms with E-state index in [0.29, 0.717) is 12.6 Å². The van der Waals surface area contributed by atoms with Crippen molar-refractivity contribution in [1.29, 1.82) is 0 Å². The summed E-state index contributed by atoms with van der Waals surface area (Å²) in [5.41, 5.74) is 0.954. The van der Waals surface area contributed by atoms with Crippen LogP contribution in [0.2, 0.25) is 0 Å². The summed E-state index contributed by atoms with van der Waals surface area (Å²) >= 11 is 0. The first-order chi connectivity index (χ1) is 9.62. The number of rotatable bonds is 9. The monoisotopic (exact) mass is 279 g/mol. The van der Waals surface area contributed by atoms with Gasteiger partial charge in [0.25, 0.3) is 0 Å². The maximum Gasteiger partial charge on any atom is 0.118 e. The van der Waals surface area contributed by atoms with Crippen molar-refractivity contribution in [2.45, 2.75) is 52.2 Å². The van der Waals surface area contributed by atoms with Gasteiger partial charge in [-0.1, -0.05) is 32.4 Å². The van der Waals surface area contributed by atoms with E-state index in [4.69, 9.17) is 4.74 Å². The largest absolute Gasteiger partial charge is 0.497 e. The second-order valence-corrected chi connectivity index (χ2v) is 5.39. The Morgan fingerprint density at radius 2 is 1.85 bits per heavy atom. The summed E-state index contributed by atoms with van der Waals surface area (Å²) in [5, 5.41) is 10.4. The number of aliphatic hydroxyl groups is 1. The van der Waals surface area contributed by atoms with Crippen molar-refractivity contribution in [3.8, 4) is 5.75 Å². The molecule has 0 fully saturated rings. The molecule has 0 aliphatic rings. The average molecular weight is 279 g/mol. The number of methoxy groups -OCH3 is 1. The number of benzene rings is 1. The molecule has 20 heavy (non-hydrogen) atoms. The Kier molecular flexibility index (Phi) is 7.63. The molecule has 2 atom stereocenters. The Bertz CT molecular complexity index is 364. The van der Waals surface area contributed by atoms with E-state index in [9.17, 15) is 5.11 Å². The van der Waals surface area contributed by atoms with E-state index in [1.165, 1.54) is 12.8 Å². The van der Waals surface area contributed by atoms with E-state index < -0.39 is 6.10 Å². The van der Waals surface area contributed by atoms with Gasteiger partial charge in [0.05, 0.1) is 13.2 Å². The fraction of sp³-hybridized carbons (Fsp3) is 0.647. The van der Waals surface area contributed by atoms with Crippen LogP contribution in [0.3, 0.4) is 0 Å². The van der Waals surface area contributed by atoms with Gasteiger partial charge in [0.1, 0.15) is 5.75 Å². The van der Waals surface area contributed by atoms with Crippen molar-refractivity contribution >= 4 is 0 Å². The average Bonchev–Trinajstić information content (AvgIpc) is 2.50. The SMILES string of the molecule is CCCCN(CC(O)c1ccc(OC)cc1)C(C)CC. The molecular weight excluding hydrogens is 250 g/mol. The van der Waals surface area contributed by atoms with Crippen LogP contribution >= 0.6 is 0 Å². The molecule has 3 heteroatoms. The Morgan fingerprint density at radius 3 is 2.35 bits per heavy atom. The predicted molar refractivity (Wildman–Crippen MR) is 84.2 cm³/mol. The van der Waals surface area contributed by atoms with Gasteiger partial charge in [-0.15, -0.1) is 0 Å². The minimum Gasteiger partial charge on any atom is -0.497 e. The van der Waals surface area contributed by atoms with Crippen LogP contribution in [0.5, 0.6) is 5.75 Å². The first kappa shape index (κ1) is 17.0. The maximum absolute atomic E-state index is 10.4. The second-order valence-electron chi connectivity index (χ2n) is 5.39. The van der Waals surface area contributed by atoms with E-state index in [-0.39, 0.29) is 0 Å². The molecule has 0 saturated carbocycles. The third kappa shape index (κ3) is 5.14. The molecule has 1 aromatic rings. The number of nitrogens with zero attached hydrogens (tertiary/aromatic N) is 1. The van der Waals surface area contributed by atoms with Crippen LogP contribution < -0.4 is 4.74 Å². The lowest BCUT2D eigenvalue weighted by molar-refractivity contribution is 0.0887. The van der Waals surface area contributed by atoms with Crippen molar-refractivity contribution in [3.05, 3.63) is 29.8 Å². The Balaban J connectivity index is 2.65. The Morgan fingerprint density at radius 1 is 1.20 bits per heavy atom. The highest BCUT2D eigenvalue weighted by Gasteiger charge is 2.17. The molecule has 0 saturated heterocycles. The Labute approximate surface area is 123 Å². The number of aliphatic hydroxyl groups excluding tert-OH is 1. The highest BCUT2D eigenvalue weighted by atomic mass is 16.5. The van der Waals surface area contributed by atoms with Crippen LogP contribution in [0.1, 0.15) is 51.7 Å². The normalized spacial score (nSPS) is 14.3. The van der Waals surface area contributed by atoms with Crippen molar-refractivity contribution in [3.63, 3.8) is 0 Å². The quantitative estimate of drug-likeness (QED) is 0.749. The van der Waals surface area contributed by atoms with E-state index in [2.05, 4.69) is 25.7 Å². The lowest BCUT2D eigenvalue weighted by Gasteiger charge is -2.30. The minimum atomic E-state index is -0.438. The van der Waals surface area contributed by atoms with Gasteiger partial charge < -0.3 is 9.84 Å². The van der Waals surface area contributed by atoms with Crippen LogP contribution in [0.15, 0.2) is 24.3 Å². The fourth-order valence-electron chi connectivity index (χ4n) is 2.26. The molecule has 114 valence electrons. The smallest absolute Gasteiger partial charge is 0.118 e. The standard InChI is InChI=1S/C17H29NO2/c1-5-7-12-18(14(3)6-2)13-17(19)15-8-10-16(20-4)11-9-15/h8-11,14,17,19H,5-7,12-13H2,1-4H3. The van der Waals surface area contributed by atoms with Gasteiger partial charge in [0.2, 0.25) is 0 Å². The van der Waals surface area contributed by atoms with Crippen molar-refractivity contribution in [2.75, 3.05) is 20.2 Å². The lowest BCUT2D eigenvalue weighted by atomic mass is 10.1. The van der Waals surface area contributed by atoms with Gasteiger partial charge in [-0.3, -0.25) is 4.90 Å². The van der Waals surface area contributed by atoms with E-state index in [0.717, 1.165) is 24.3 Å².